The summed E-state index contributed by atoms with van der Waals surface area (Å²) in [4.78, 5) is 7.30. The zero-order valence-corrected chi connectivity index (χ0v) is 9.50. The number of fused-ring (bicyclic) bond motifs is 1. The molecule has 0 spiro atoms. The fourth-order valence-electron chi connectivity index (χ4n) is 1.22. The lowest BCUT2D eigenvalue weighted by Gasteiger charge is -2.19. The second-order valence-corrected chi connectivity index (χ2v) is 3.62. The second-order valence-electron chi connectivity index (χ2n) is 3.62. The van der Waals surface area contributed by atoms with Gasteiger partial charge in [0.15, 0.2) is 12.3 Å². The first-order valence-corrected chi connectivity index (χ1v) is 4.99. The fourth-order valence-corrected chi connectivity index (χ4v) is 1.22. The lowest BCUT2D eigenvalue weighted by atomic mass is 10.3. The van der Waals surface area contributed by atoms with Gasteiger partial charge >= 0.3 is 12.1 Å². The van der Waals surface area contributed by atoms with E-state index in [0.29, 0.717) is 0 Å². The average Bonchev–Trinajstić information content (AvgIpc) is 2.82. The van der Waals surface area contributed by atoms with Gasteiger partial charge in [-0.15, -0.1) is 0 Å². The number of hydrogen-bond acceptors (Lipinski definition) is 6. The van der Waals surface area contributed by atoms with Crippen molar-refractivity contribution in [3.8, 4) is 5.88 Å². The third kappa shape index (κ3) is 2.54. The smallest absolute Gasteiger partial charge is 0.456 e. The number of alkyl halides is 5. The molecule has 0 aliphatic carbocycles. The van der Waals surface area contributed by atoms with Crippen LogP contribution in [-0.2, 0) is 0 Å². The summed E-state index contributed by atoms with van der Waals surface area (Å²) < 4.78 is 66.0. The maximum Gasteiger partial charge on any atom is 0.456 e. The molecule has 2 rings (SSSR count). The first-order valence-electron chi connectivity index (χ1n) is 4.99. The Kier molecular flexibility index (Phi) is 3.33. The maximum absolute atomic E-state index is 12.8. The lowest BCUT2D eigenvalue weighted by molar-refractivity contribution is -0.290. The molecule has 0 aromatic carbocycles. The van der Waals surface area contributed by atoms with Crippen LogP contribution >= 0.6 is 0 Å². The van der Waals surface area contributed by atoms with Crippen LogP contribution in [0.1, 0.15) is 0 Å². The molecule has 0 unspecified atom stereocenters. The summed E-state index contributed by atoms with van der Waals surface area (Å²) in [7, 11) is 0. The van der Waals surface area contributed by atoms with Gasteiger partial charge in [0.05, 0.1) is 6.20 Å². The summed E-state index contributed by atoms with van der Waals surface area (Å²) in [5.41, 5.74) is 2.08. The van der Waals surface area contributed by atoms with E-state index < -0.39 is 24.6 Å². The number of nitrogens with one attached hydrogen (secondary N) is 2. The number of anilines is 1. The van der Waals surface area contributed by atoms with E-state index in [1.165, 1.54) is 0 Å². The Balaban J connectivity index is 2.27. The fraction of sp³-hybridized carbons (Fsp3) is 0.375. The summed E-state index contributed by atoms with van der Waals surface area (Å²) >= 11 is 0. The Hall–Kier alpha value is -2.24. The van der Waals surface area contributed by atoms with Gasteiger partial charge in [-0.2, -0.15) is 37.0 Å². The van der Waals surface area contributed by atoms with Gasteiger partial charge in [-0.05, 0) is 0 Å². The molecule has 20 heavy (non-hydrogen) atoms. The van der Waals surface area contributed by atoms with Crippen molar-refractivity contribution in [1.29, 1.82) is 0 Å². The van der Waals surface area contributed by atoms with Crippen LogP contribution in [0.15, 0.2) is 6.20 Å². The maximum atomic E-state index is 12.8. The quantitative estimate of drug-likeness (QED) is 0.445. The van der Waals surface area contributed by atoms with Crippen LogP contribution in [0.2, 0.25) is 0 Å². The largest absolute Gasteiger partial charge is 0.470 e. The number of aromatic amines is 1. The zero-order valence-electron chi connectivity index (χ0n) is 9.50. The van der Waals surface area contributed by atoms with Gasteiger partial charge in [-0.25, -0.2) is 5.84 Å². The molecule has 0 saturated carbocycles. The molecule has 7 nitrogen and oxygen atoms in total. The van der Waals surface area contributed by atoms with Crippen LogP contribution in [0, 0.1) is 0 Å². The number of nitrogens with zero attached hydrogens (tertiary/aromatic N) is 3. The summed E-state index contributed by atoms with van der Waals surface area (Å²) in [6.07, 6.45) is -4.60. The molecular formula is C8H7F5N6O. The molecule has 0 saturated heterocycles. The van der Waals surface area contributed by atoms with E-state index in [9.17, 15) is 22.0 Å². The molecule has 0 aliphatic rings. The Labute approximate surface area is 107 Å². The molecule has 110 valence electrons. The van der Waals surface area contributed by atoms with Gasteiger partial charge in [-0.3, -0.25) is 10.5 Å². The molecule has 2 aromatic rings. The van der Waals surface area contributed by atoms with Crippen molar-refractivity contribution in [2.24, 2.45) is 5.84 Å². The predicted molar refractivity (Wildman–Crippen MR) is 56.0 cm³/mol. The van der Waals surface area contributed by atoms with E-state index >= 15 is 0 Å². The van der Waals surface area contributed by atoms with Crippen molar-refractivity contribution in [1.82, 2.24) is 20.2 Å². The molecule has 0 bridgehead atoms. The van der Waals surface area contributed by atoms with E-state index in [0.717, 1.165) is 6.20 Å². The van der Waals surface area contributed by atoms with E-state index in [2.05, 4.69) is 24.9 Å². The van der Waals surface area contributed by atoms with E-state index in [1.807, 2.05) is 5.43 Å². The van der Waals surface area contributed by atoms with Crippen LogP contribution in [0.5, 0.6) is 5.88 Å². The highest BCUT2D eigenvalue weighted by atomic mass is 19.4. The Morgan fingerprint density at radius 1 is 1.25 bits per heavy atom. The van der Waals surface area contributed by atoms with Crippen LogP contribution in [-0.4, -0.2) is 38.9 Å². The van der Waals surface area contributed by atoms with Crippen molar-refractivity contribution >= 4 is 17.0 Å². The van der Waals surface area contributed by atoms with Gasteiger partial charge in [0.1, 0.15) is 5.39 Å². The zero-order chi connectivity index (χ0) is 15.0. The van der Waals surface area contributed by atoms with Crippen LogP contribution in [0.3, 0.4) is 0 Å². The van der Waals surface area contributed by atoms with Crippen molar-refractivity contribution < 1.29 is 26.7 Å². The van der Waals surface area contributed by atoms with E-state index in [4.69, 9.17) is 5.84 Å². The van der Waals surface area contributed by atoms with Crippen LogP contribution < -0.4 is 16.0 Å². The first-order chi connectivity index (χ1) is 9.24. The number of ether oxygens (including phenoxy) is 1. The molecular weight excluding hydrogens is 291 g/mol. The minimum atomic E-state index is -5.72. The lowest BCUT2D eigenvalue weighted by Crippen LogP contribution is -2.41. The second kappa shape index (κ2) is 4.70. The topological polar surface area (TPSA) is 102 Å². The molecule has 4 N–H and O–H groups in total. The number of rotatable bonds is 4. The number of aromatic nitrogens is 4. The Morgan fingerprint density at radius 3 is 2.55 bits per heavy atom. The average molecular weight is 298 g/mol. The van der Waals surface area contributed by atoms with Crippen molar-refractivity contribution in [2.45, 2.75) is 12.1 Å². The van der Waals surface area contributed by atoms with Gasteiger partial charge < -0.3 is 4.74 Å². The van der Waals surface area contributed by atoms with Gasteiger partial charge in [0.25, 0.3) is 0 Å². The summed E-state index contributed by atoms with van der Waals surface area (Å²) in [6, 6.07) is 0. The number of nitrogen functional groups attached to an aromatic ring is 1. The summed E-state index contributed by atoms with van der Waals surface area (Å²) in [5, 5.41) is 5.96. The SMILES string of the molecule is NNc1nc(OCC(F)(F)C(F)(F)F)c2cn[nH]c2n1. The first kappa shape index (κ1) is 14.2. The van der Waals surface area contributed by atoms with Crippen LogP contribution in [0.25, 0.3) is 11.0 Å². The predicted octanol–water partition coefficient (Wildman–Crippen LogP) is 1.21. The summed E-state index contributed by atoms with van der Waals surface area (Å²) in [6.45, 7) is -1.92. The number of halogens is 5. The Morgan fingerprint density at radius 2 is 1.95 bits per heavy atom. The highest BCUT2D eigenvalue weighted by molar-refractivity contribution is 5.80. The minimum Gasteiger partial charge on any atom is -0.470 e. The van der Waals surface area contributed by atoms with Crippen molar-refractivity contribution in [3.05, 3.63) is 6.20 Å². The highest BCUT2D eigenvalue weighted by Crippen LogP contribution is 2.36. The third-order valence-corrected chi connectivity index (χ3v) is 2.21. The molecule has 0 fully saturated rings. The van der Waals surface area contributed by atoms with E-state index in [1.54, 1.807) is 0 Å². The molecule has 2 aromatic heterocycles. The van der Waals surface area contributed by atoms with Crippen molar-refractivity contribution in [3.63, 3.8) is 0 Å². The highest BCUT2D eigenvalue weighted by Gasteiger charge is 2.58. The molecule has 0 amide bonds. The molecule has 0 atom stereocenters. The van der Waals surface area contributed by atoms with Crippen LogP contribution in [0.4, 0.5) is 27.9 Å². The van der Waals surface area contributed by atoms with Gasteiger partial charge in [0, 0.05) is 0 Å². The van der Waals surface area contributed by atoms with Crippen molar-refractivity contribution in [2.75, 3.05) is 12.0 Å². The summed E-state index contributed by atoms with van der Waals surface area (Å²) in [5.74, 6) is -0.702. The minimum absolute atomic E-state index is 0.0435. The number of H-pyrrole nitrogens is 1. The molecule has 2 heterocycles. The number of nitrogens with two attached hydrogens (primary N) is 1. The third-order valence-electron chi connectivity index (χ3n) is 2.21. The standard InChI is InChI=1S/C8H7F5N6O/c9-7(10,8(11,12)13)2-20-5-3-1-15-19-4(3)16-6(17-5)18-14/h1H,2,14H2,(H2,15,16,17,18,19). The number of hydrogen-bond donors (Lipinski definition) is 3. The Bertz CT molecular complexity index is 611. The molecule has 12 heteroatoms. The normalized spacial score (nSPS) is 12.7. The van der Waals surface area contributed by atoms with Gasteiger partial charge in [0.2, 0.25) is 11.8 Å². The monoisotopic (exact) mass is 298 g/mol. The van der Waals surface area contributed by atoms with E-state index in [-0.39, 0.29) is 17.0 Å². The molecule has 0 aliphatic heterocycles. The number of hydrazine groups is 1. The van der Waals surface area contributed by atoms with Gasteiger partial charge in [-0.1, -0.05) is 0 Å². The molecule has 0 radical (unpaired) electrons.